The second kappa shape index (κ2) is 6.03. The first-order chi connectivity index (χ1) is 11.7. The molecule has 1 N–H and O–H groups in total. The van der Waals surface area contributed by atoms with Gasteiger partial charge in [0, 0.05) is 26.2 Å². The molecule has 0 spiro atoms. The second-order valence-corrected chi connectivity index (χ2v) is 6.21. The fraction of sp³-hybridized carbons (Fsp3) is 0.333. The molecular formula is C18H20N4O2. The minimum atomic E-state index is 0.0462. The van der Waals surface area contributed by atoms with E-state index in [0.29, 0.717) is 11.6 Å². The fourth-order valence-electron chi connectivity index (χ4n) is 3.25. The zero-order valence-corrected chi connectivity index (χ0v) is 13.6. The number of benzene rings is 1. The van der Waals surface area contributed by atoms with Gasteiger partial charge >= 0.3 is 0 Å². The van der Waals surface area contributed by atoms with Crippen molar-refractivity contribution in [2.75, 3.05) is 18.4 Å². The second-order valence-electron chi connectivity index (χ2n) is 6.21. The average molecular weight is 324 g/mol. The molecular weight excluding hydrogens is 304 g/mol. The molecule has 6 nitrogen and oxygen atoms in total. The van der Waals surface area contributed by atoms with Gasteiger partial charge in [0.25, 0.3) is 5.91 Å². The molecule has 3 heterocycles. The molecule has 24 heavy (non-hydrogen) atoms. The van der Waals surface area contributed by atoms with E-state index in [4.69, 9.17) is 4.42 Å². The Labute approximate surface area is 140 Å². The first-order valence-electron chi connectivity index (χ1n) is 8.22. The zero-order valence-electron chi connectivity index (χ0n) is 13.6. The van der Waals surface area contributed by atoms with Gasteiger partial charge in [0.15, 0.2) is 0 Å². The number of furan rings is 1. The molecule has 3 aromatic rings. The van der Waals surface area contributed by atoms with E-state index in [1.165, 1.54) is 12.5 Å². The number of anilines is 1. The smallest absolute Gasteiger partial charge is 0.257 e. The number of nitrogens with zero attached hydrogens (tertiary/aromatic N) is 3. The summed E-state index contributed by atoms with van der Waals surface area (Å²) in [5, 5.41) is 3.53. The number of likely N-dealkylation sites (tertiary alicyclic amines) is 1. The van der Waals surface area contributed by atoms with Crippen LogP contribution >= 0.6 is 0 Å². The van der Waals surface area contributed by atoms with Crippen LogP contribution in [0.15, 0.2) is 47.3 Å². The maximum Gasteiger partial charge on any atom is 0.257 e. The molecule has 0 unspecified atom stereocenters. The van der Waals surface area contributed by atoms with Crippen LogP contribution in [0.25, 0.3) is 11.0 Å². The minimum Gasteiger partial charge on any atom is -0.472 e. The van der Waals surface area contributed by atoms with Crippen LogP contribution in [0.1, 0.15) is 23.2 Å². The van der Waals surface area contributed by atoms with E-state index in [1.807, 2.05) is 30.1 Å². The van der Waals surface area contributed by atoms with Crippen molar-refractivity contribution in [2.45, 2.75) is 18.9 Å². The number of amides is 1. The highest BCUT2D eigenvalue weighted by molar-refractivity contribution is 5.93. The van der Waals surface area contributed by atoms with E-state index >= 15 is 0 Å². The predicted octanol–water partition coefficient (Wildman–Crippen LogP) is 2.88. The van der Waals surface area contributed by atoms with Gasteiger partial charge in [-0.15, -0.1) is 0 Å². The van der Waals surface area contributed by atoms with E-state index in [-0.39, 0.29) is 5.91 Å². The molecule has 6 heteroatoms. The van der Waals surface area contributed by atoms with Crippen molar-refractivity contribution in [3.05, 3.63) is 48.4 Å². The van der Waals surface area contributed by atoms with Gasteiger partial charge in [-0.05, 0) is 31.0 Å². The molecule has 2 aromatic heterocycles. The zero-order chi connectivity index (χ0) is 16.5. The summed E-state index contributed by atoms with van der Waals surface area (Å²) in [6.07, 6.45) is 4.86. The number of piperidine rings is 1. The van der Waals surface area contributed by atoms with E-state index in [0.717, 1.165) is 42.9 Å². The first-order valence-corrected chi connectivity index (χ1v) is 8.22. The number of aromatic nitrogens is 2. The Morgan fingerprint density at radius 2 is 2.04 bits per heavy atom. The van der Waals surface area contributed by atoms with Gasteiger partial charge in [-0.1, -0.05) is 12.1 Å². The van der Waals surface area contributed by atoms with Crippen molar-refractivity contribution in [3.63, 3.8) is 0 Å². The highest BCUT2D eigenvalue weighted by Crippen LogP contribution is 2.21. The van der Waals surface area contributed by atoms with Crippen molar-refractivity contribution in [1.29, 1.82) is 0 Å². The summed E-state index contributed by atoms with van der Waals surface area (Å²) in [6.45, 7) is 1.48. The monoisotopic (exact) mass is 324 g/mol. The third-order valence-electron chi connectivity index (χ3n) is 4.67. The average Bonchev–Trinajstić information content (AvgIpc) is 3.25. The van der Waals surface area contributed by atoms with Crippen LogP contribution in [0.3, 0.4) is 0 Å². The molecule has 124 valence electrons. The van der Waals surface area contributed by atoms with Gasteiger partial charge in [0.1, 0.15) is 6.26 Å². The van der Waals surface area contributed by atoms with Gasteiger partial charge in [-0.25, -0.2) is 4.98 Å². The van der Waals surface area contributed by atoms with Crippen LogP contribution in [0.5, 0.6) is 0 Å². The fourth-order valence-corrected chi connectivity index (χ4v) is 3.25. The number of fused-ring (bicyclic) bond motifs is 1. The molecule has 0 aliphatic carbocycles. The van der Waals surface area contributed by atoms with Crippen LogP contribution in [0.4, 0.5) is 5.95 Å². The molecule has 1 aliphatic heterocycles. The third kappa shape index (κ3) is 2.64. The standard InChI is InChI=1S/C18H20N4O2/c1-21-16-5-3-2-4-15(16)20-18(21)19-14-6-9-22(10-7-14)17(23)13-8-11-24-12-13/h2-5,8,11-12,14H,6-7,9-10H2,1H3,(H,19,20). The van der Waals surface area contributed by atoms with Crippen LogP contribution in [-0.4, -0.2) is 39.5 Å². The lowest BCUT2D eigenvalue weighted by atomic mass is 10.0. The molecule has 0 radical (unpaired) electrons. The summed E-state index contributed by atoms with van der Waals surface area (Å²) in [5.74, 6) is 0.931. The van der Waals surface area contributed by atoms with E-state index in [2.05, 4.69) is 20.9 Å². The summed E-state index contributed by atoms with van der Waals surface area (Å²) in [7, 11) is 2.02. The Morgan fingerprint density at radius 1 is 1.25 bits per heavy atom. The summed E-state index contributed by atoms with van der Waals surface area (Å²) < 4.78 is 7.08. The lowest BCUT2D eigenvalue weighted by Gasteiger charge is -2.32. The summed E-state index contributed by atoms with van der Waals surface area (Å²) in [6, 6.07) is 10.2. The Morgan fingerprint density at radius 3 is 2.75 bits per heavy atom. The summed E-state index contributed by atoms with van der Waals surface area (Å²) >= 11 is 0. The van der Waals surface area contributed by atoms with Crippen LogP contribution in [0, 0.1) is 0 Å². The Balaban J connectivity index is 1.41. The van der Waals surface area contributed by atoms with Gasteiger partial charge < -0.3 is 19.2 Å². The van der Waals surface area contributed by atoms with Crippen molar-refractivity contribution in [3.8, 4) is 0 Å². The largest absolute Gasteiger partial charge is 0.472 e. The predicted molar refractivity (Wildman–Crippen MR) is 92.0 cm³/mol. The lowest BCUT2D eigenvalue weighted by molar-refractivity contribution is 0.0717. The maximum absolute atomic E-state index is 12.3. The SMILES string of the molecule is Cn1c(NC2CCN(C(=O)c3ccoc3)CC2)nc2ccccc21. The van der Waals surface area contributed by atoms with Crippen molar-refractivity contribution >= 4 is 22.9 Å². The van der Waals surface area contributed by atoms with Crippen LogP contribution in [0.2, 0.25) is 0 Å². The van der Waals surface area contributed by atoms with Gasteiger partial charge in [-0.2, -0.15) is 0 Å². The van der Waals surface area contributed by atoms with Gasteiger partial charge in [-0.3, -0.25) is 4.79 Å². The van der Waals surface area contributed by atoms with Gasteiger partial charge in [0.05, 0.1) is 22.9 Å². The van der Waals surface area contributed by atoms with Crippen molar-refractivity contribution in [2.24, 2.45) is 7.05 Å². The van der Waals surface area contributed by atoms with Crippen LogP contribution in [-0.2, 0) is 7.05 Å². The molecule has 1 fully saturated rings. The summed E-state index contributed by atoms with van der Waals surface area (Å²) in [5.41, 5.74) is 2.74. The number of imidazole rings is 1. The lowest BCUT2D eigenvalue weighted by Crippen LogP contribution is -2.42. The molecule has 1 saturated heterocycles. The molecule has 1 amide bonds. The molecule has 0 atom stereocenters. The van der Waals surface area contributed by atoms with E-state index in [1.54, 1.807) is 6.07 Å². The Hall–Kier alpha value is -2.76. The molecule has 0 saturated carbocycles. The molecule has 1 aromatic carbocycles. The number of para-hydroxylation sites is 2. The molecule has 4 rings (SSSR count). The number of carbonyl (C=O) groups excluding carboxylic acids is 1. The molecule has 0 bridgehead atoms. The van der Waals surface area contributed by atoms with Crippen LogP contribution < -0.4 is 5.32 Å². The van der Waals surface area contributed by atoms with Crippen molar-refractivity contribution < 1.29 is 9.21 Å². The van der Waals surface area contributed by atoms with Gasteiger partial charge in [0.2, 0.25) is 5.95 Å². The quantitative estimate of drug-likeness (QED) is 0.804. The molecule has 1 aliphatic rings. The normalized spacial score (nSPS) is 15.8. The first kappa shape index (κ1) is 14.8. The minimum absolute atomic E-state index is 0.0462. The number of hydrogen-bond acceptors (Lipinski definition) is 4. The third-order valence-corrected chi connectivity index (χ3v) is 4.67. The maximum atomic E-state index is 12.3. The van der Waals surface area contributed by atoms with E-state index in [9.17, 15) is 4.79 Å². The number of nitrogens with one attached hydrogen (secondary N) is 1. The Bertz CT molecular complexity index is 845. The number of hydrogen-bond donors (Lipinski definition) is 1. The number of rotatable bonds is 3. The topological polar surface area (TPSA) is 63.3 Å². The summed E-state index contributed by atoms with van der Waals surface area (Å²) in [4.78, 5) is 18.9. The van der Waals surface area contributed by atoms with E-state index < -0.39 is 0 Å². The highest BCUT2D eigenvalue weighted by atomic mass is 16.3. The Kier molecular flexibility index (Phi) is 3.72. The number of carbonyl (C=O) groups is 1. The number of aryl methyl sites for hydroxylation is 1. The van der Waals surface area contributed by atoms with Crippen molar-refractivity contribution in [1.82, 2.24) is 14.5 Å². The highest BCUT2D eigenvalue weighted by Gasteiger charge is 2.25.